The summed E-state index contributed by atoms with van der Waals surface area (Å²) in [5, 5.41) is 0. The van der Waals surface area contributed by atoms with Gasteiger partial charge < -0.3 is 9.42 Å². The molecule has 3 nitrogen and oxygen atoms in total. The molecule has 0 saturated carbocycles. The summed E-state index contributed by atoms with van der Waals surface area (Å²) in [6, 6.07) is 0. The zero-order valence-corrected chi connectivity index (χ0v) is 6.47. The number of hydrogen-bond acceptors (Lipinski definition) is 3. The molecule has 0 saturated heterocycles. The summed E-state index contributed by atoms with van der Waals surface area (Å²) in [6.07, 6.45) is 0.543. The van der Waals surface area contributed by atoms with Crippen molar-refractivity contribution in [1.82, 2.24) is 4.90 Å². The van der Waals surface area contributed by atoms with Crippen LogP contribution in [0.25, 0.3) is 0 Å². The first-order valence-corrected chi connectivity index (χ1v) is 3.90. The normalized spacial score (nSPS) is 14.5. The third-order valence-corrected chi connectivity index (χ3v) is 2.02. The highest BCUT2D eigenvalue weighted by atomic mass is 31.1. The second-order valence-corrected chi connectivity index (χ2v) is 3.28. The Bertz CT molecular complexity index is 84.1. The Balaban J connectivity index is 3.25. The number of nitrogens with zero attached hydrogens (tertiary/aromatic N) is 1. The van der Waals surface area contributed by atoms with Gasteiger partial charge in [-0.05, 0) is 14.1 Å². The highest BCUT2D eigenvalue weighted by Crippen LogP contribution is 2.19. The van der Waals surface area contributed by atoms with Gasteiger partial charge in [-0.1, -0.05) is 0 Å². The van der Waals surface area contributed by atoms with E-state index in [-0.39, 0.29) is 0 Å². The lowest BCUT2D eigenvalue weighted by atomic mass is 11.0. The molecular weight excluding hydrogens is 125 g/mol. The zero-order valence-electron chi connectivity index (χ0n) is 5.47. The lowest BCUT2D eigenvalue weighted by Crippen LogP contribution is -2.09. The summed E-state index contributed by atoms with van der Waals surface area (Å²) in [6.45, 7) is 0. The van der Waals surface area contributed by atoms with Gasteiger partial charge in [-0.2, -0.15) is 0 Å². The van der Waals surface area contributed by atoms with Crippen LogP contribution < -0.4 is 0 Å². The summed E-state index contributed by atoms with van der Waals surface area (Å²) in [5.74, 6) is 0. The van der Waals surface area contributed by atoms with E-state index in [1.54, 1.807) is 0 Å². The van der Waals surface area contributed by atoms with E-state index in [4.69, 9.17) is 0 Å². The Labute approximate surface area is 50.5 Å². The van der Waals surface area contributed by atoms with Crippen molar-refractivity contribution in [1.29, 1.82) is 0 Å². The molecule has 0 amide bonds. The molecule has 50 valence electrons. The van der Waals surface area contributed by atoms with E-state index in [2.05, 4.69) is 4.52 Å². The van der Waals surface area contributed by atoms with Gasteiger partial charge in [0.15, 0.2) is 0 Å². The van der Waals surface area contributed by atoms with E-state index < -0.39 is 8.03 Å². The predicted molar refractivity (Wildman–Crippen MR) is 34.6 cm³/mol. The molecule has 0 spiro atoms. The highest BCUT2D eigenvalue weighted by molar-refractivity contribution is 7.38. The maximum absolute atomic E-state index is 10.5. The molecule has 0 aromatic carbocycles. The summed E-state index contributed by atoms with van der Waals surface area (Å²) in [4.78, 5) is 1.84. The zero-order chi connectivity index (χ0) is 6.57. The van der Waals surface area contributed by atoms with Gasteiger partial charge in [0, 0.05) is 7.11 Å². The largest absolute Gasteiger partial charge is 0.333 e. The Hall–Kier alpha value is 0.150. The minimum absolute atomic E-state index is 0.543. The fraction of sp³-hybridized carbons (Fsp3) is 1.00. The van der Waals surface area contributed by atoms with Gasteiger partial charge in [-0.15, -0.1) is 0 Å². The molecule has 4 heteroatoms. The Kier molecular flexibility index (Phi) is 4.15. The van der Waals surface area contributed by atoms with Gasteiger partial charge in [0.05, 0.1) is 6.29 Å². The van der Waals surface area contributed by atoms with E-state index in [1.165, 1.54) is 7.11 Å². The summed E-state index contributed by atoms with van der Waals surface area (Å²) < 4.78 is 15.1. The van der Waals surface area contributed by atoms with E-state index in [0.717, 1.165) is 0 Å². The van der Waals surface area contributed by atoms with Crippen molar-refractivity contribution < 1.29 is 9.09 Å². The Morgan fingerprint density at radius 3 is 2.25 bits per heavy atom. The van der Waals surface area contributed by atoms with Crippen LogP contribution in [-0.4, -0.2) is 32.4 Å². The lowest BCUT2D eigenvalue weighted by molar-refractivity contribution is 0.383. The first-order chi connectivity index (χ1) is 3.66. The smallest absolute Gasteiger partial charge is 0.204 e. The van der Waals surface area contributed by atoms with Crippen LogP contribution in [0.1, 0.15) is 0 Å². The maximum Gasteiger partial charge on any atom is 0.204 e. The second kappa shape index (κ2) is 4.07. The molecule has 0 aliphatic heterocycles. The molecule has 0 radical (unpaired) electrons. The van der Waals surface area contributed by atoms with Crippen molar-refractivity contribution in [2.45, 2.75) is 0 Å². The SMILES string of the molecule is CO[PH](=O)CN(C)C. The average molecular weight is 137 g/mol. The van der Waals surface area contributed by atoms with Crippen LogP contribution >= 0.6 is 8.03 Å². The molecule has 0 aromatic rings. The van der Waals surface area contributed by atoms with Gasteiger partial charge >= 0.3 is 0 Å². The van der Waals surface area contributed by atoms with Crippen LogP contribution in [-0.2, 0) is 9.09 Å². The van der Waals surface area contributed by atoms with Crippen molar-refractivity contribution in [3.8, 4) is 0 Å². The highest BCUT2D eigenvalue weighted by Gasteiger charge is 1.95. The summed E-state index contributed by atoms with van der Waals surface area (Å²) in [5.41, 5.74) is 0. The van der Waals surface area contributed by atoms with Crippen LogP contribution in [0.2, 0.25) is 0 Å². The topological polar surface area (TPSA) is 29.5 Å². The fourth-order valence-electron chi connectivity index (χ4n) is 0.323. The fourth-order valence-corrected chi connectivity index (χ4v) is 0.968. The minimum Gasteiger partial charge on any atom is -0.333 e. The summed E-state index contributed by atoms with van der Waals surface area (Å²) in [7, 11) is 3.44. The lowest BCUT2D eigenvalue weighted by Gasteiger charge is -2.06. The molecule has 0 rings (SSSR count). The first kappa shape index (κ1) is 8.15. The monoisotopic (exact) mass is 137 g/mol. The van der Waals surface area contributed by atoms with Crippen molar-refractivity contribution >= 4 is 8.03 Å². The van der Waals surface area contributed by atoms with Crippen molar-refractivity contribution in [2.24, 2.45) is 0 Å². The van der Waals surface area contributed by atoms with E-state index >= 15 is 0 Å². The molecule has 0 N–H and O–H groups in total. The van der Waals surface area contributed by atoms with Crippen molar-refractivity contribution in [3.05, 3.63) is 0 Å². The number of hydrogen-bond donors (Lipinski definition) is 0. The molecule has 1 unspecified atom stereocenters. The average Bonchev–Trinajstić information content (AvgIpc) is 1.65. The molecule has 0 aromatic heterocycles. The first-order valence-electron chi connectivity index (χ1n) is 2.38. The van der Waals surface area contributed by atoms with Gasteiger partial charge in [0.1, 0.15) is 0 Å². The number of rotatable bonds is 3. The molecule has 0 heterocycles. The minimum atomic E-state index is -1.75. The molecule has 0 bridgehead atoms. The molecule has 8 heavy (non-hydrogen) atoms. The Morgan fingerprint density at radius 1 is 1.62 bits per heavy atom. The van der Waals surface area contributed by atoms with E-state index in [1.807, 2.05) is 19.0 Å². The third-order valence-electron chi connectivity index (χ3n) is 0.673. The molecular formula is C4H12NO2P. The van der Waals surface area contributed by atoms with E-state index in [9.17, 15) is 4.57 Å². The van der Waals surface area contributed by atoms with Crippen LogP contribution in [0.5, 0.6) is 0 Å². The maximum atomic E-state index is 10.5. The van der Waals surface area contributed by atoms with Gasteiger partial charge in [-0.25, -0.2) is 0 Å². The van der Waals surface area contributed by atoms with Crippen LogP contribution in [0.3, 0.4) is 0 Å². The van der Waals surface area contributed by atoms with Gasteiger partial charge in [0.2, 0.25) is 8.03 Å². The molecule has 1 atom stereocenters. The van der Waals surface area contributed by atoms with Crippen molar-refractivity contribution in [2.75, 3.05) is 27.5 Å². The summed E-state index contributed by atoms with van der Waals surface area (Å²) >= 11 is 0. The third kappa shape index (κ3) is 4.31. The second-order valence-electron chi connectivity index (χ2n) is 1.81. The van der Waals surface area contributed by atoms with Crippen LogP contribution in [0.4, 0.5) is 0 Å². The van der Waals surface area contributed by atoms with Crippen molar-refractivity contribution in [3.63, 3.8) is 0 Å². The van der Waals surface area contributed by atoms with Gasteiger partial charge in [0.25, 0.3) is 0 Å². The molecule has 0 fully saturated rings. The predicted octanol–water partition coefficient (Wildman–Crippen LogP) is 0.627. The van der Waals surface area contributed by atoms with Crippen LogP contribution in [0, 0.1) is 0 Å². The van der Waals surface area contributed by atoms with E-state index in [0.29, 0.717) is 6.29 Å². The quantitative estimate of drug-likeness (QED) is 0.534. The van der Waals surface area contributed by atoms with Gasteiger partial charge in [-0.3, -0.25) is 4.57 Å². The standard InChI is InChI=1S/C4H12NO2P/c1-5(2)4-8(6)7-3/h8H,4H2,1-3H3. The van der Waals surface area contributed by atoms with Crippen LogP contribution in [0.15, 0.2) is 0 Å². The Morgan fingerprint density at radius 2 is 2.12 bits per heavy atom. The molecule has 0 aliphatic carbocycles. The molecule has 0 aliphatic rings.